The Labute approximate surface area is 194 Å². The number of hydrogen-bond acceptors (Lipinski definition) is 3. The Hall–Kier alpha value is -2.35. The monoisotopic (exact) mass is 545 g/mol. The van der Waals surface area contributed by atoms with Gasteiger partial charge in [0.1, 0.15) is 0 Å². The fourth-order valence-corrected chi connectivity index (χ4v) is 5.41. The highest BCUT2D eigenvalue weighted by molar-refractivity contribution is 9.11. The molecule has 0 fully saturated rings. The van der Waals surface area contributed by atoms with Crippen molar-refractivity contribution >= 4 is 66.6 Å². The normalized spacial score (nSPS) is 19.4. The van der Waals surface area contributed by atoms with Gasteiger partial charge in [0.2, 0.25) is 5.66 Å². The van der Waals surface area contributed by atoms with Crippen LogP contribution in [0, 0.1) is 0 Å². The van der Waals surface area contributed by atoms with Gasteiger partial charge in [0.25, 0.3) is 11.8 Å². The summed E-state index contributed by atoms with van der Waals surface area (Å²) in [6.07, 6.45) is 0. The van der Waals surface area contributed by atoms with Crippen molar-refractivity contribution in [1.29, 1.82) is 0 Å². The van der Waals surface area contributed by atoms with Crippen molar-refractivity contribution in [2.24, 2.45) is 0 Å². The van der Waals surface area contributed by atoms with E-state index < -0.39 is 5.66 Å². The molecular formula is C22H14Br2ClN3O2. The number of carbonyl (C=O) groups is 2. The molecule has 0 aliphatic carbocycles. The zero-order chi connectivity index (χ0) is 21.0. The second kappa shape index (κ2) is 7.11. The van der Waals surface area contributed by atoms with Crippen molar-refractivity contribution in [1.82, 2.24) is 5.32 Å². The second-order valence-electron chi connectivity index (χ2n) is 7.17. The van der Waals surface area contributed by atoms with Gasteiger partial charge in [-0.15, -0.1) is 0 Å². The number of amides is 2. The van der Waals surface area contributed by atoms with Gasteiger partial charge in [-0.1, -0.05) is 57.9 Å². The van der Waals surface area contributed by atoms with Crippen LogP contribution >= 0.6 is 43.5 Å². The Morgan fingerprint density at radius 3 is 2.47 bits per heavy atom. The lowest BCUT2D eigenvalue weighted by Crippen LogP contribution is -2.60. The molecule has 0 bridgehead atoms. The highest BCUT2D eigenvalue weighted by atomic mass is 79.9. The van der Waals surface area contributed by atoms with Gasteiger partial charge in [-0.25, -0.2) is 0 Å². The average molecular weight is 548 g/mol. The third kappa shape index (κ3) is 2.95. The van der Waals surface area contributed by atoms with Gasteiger partial charge in [0, 0.05) is 19.5 Å². The van der Waals surface area contributed by atoms with E-state index in [4.69, 9.17) is 11.6 Å². The quantitative estimate of drug-likeness (QED) is 0.451. The molecule has 2 heterocycles. The van der Waals surface area contributed by atoms with Crippen molar-refractivity contribution < 1.29 is 9.59 Å². The molecule has 2 amide bonds. The summed E-state index contributed by atoms with van der Waals surface area (Å²) >= 11 is 12.9. The lowest BCUT2D eigenvalue weighted by atomic mass is 9.95. The first-order valence-corrected chi connectivity index (χ1v) is 11.1. The van der Waals surface area contributed by atoms with Gasteiger partial charge in [-0.05, 0) is 51.8 Å². The van der Waals surface area contributed by atoms with E-state index >= 15 is 0 Å². The van der Waals surface area contributed by atoms with Crippen molar-refractivity contribution in [3.05, 3.63) is 91.3 Å². The summed E-state index contributed by atoms with van der Waals surface area (Å²) in [7, 11) is 0. The van der Waals surface area contributed by atoms with E-state index in [-0.39, 0.29) is 11.8 Å². The summed E-state index contributed by atoms with van der Waals surface area (Å²) in [6, 6.07) is 18.4. The Morgan fingerprint density at radius 1 is 0.967 bits per heavy atom. The zero-order valence-corrected chi connectivity index (χ0v) is 19.3. The maximum absolute atomic E-state index is 13.7. The molecule has 1 unspecified atom stereocenters. The SMILES string of the molecule is O=C1NC2(Nc3c(Br)cc(Br)cc31)C(=O)N(Cc1ccc(Cl)cc1)c1ccccc12. The summed E-state index contributed by atoms with van der Waals surface area (Å²) in [4.78, 5) is 28.5. The average Bonchev–Trinajstić information content (AvgIpc) is 2.93. The summed E-state index contributed by atoms with van der Waals surface area (Å²) in [5, 5.41) is 6.88. The molecule has 2 aliphatic rings. The summed E-state index contributed by atoms with van der Waals surface area (Å²) in [6.45, 7) is 0.362. The molecule has 2 N–H and O–H groups in total. The van der Waals surface area contributed by atoms with Gasteiger partial charge in [-0.3, -0.25) is 9.59 Å². The van der Waals surface area contributed by atoms with Crippen molar-refractivity contribution in [3.63, 3.8) is 0 Å². The number of nitrogens with one attached hydrogen (secondary N) is 2. The standard InChI is InChI=1S/C22H14Br2ClN3O2/c23-13-9-15-19(17(24)10-13)26-22(27-20(15)29)16-3-1-2-4-18(16)28(21(22)30)11-12-5-7-14(25)8-6-12/h1-10,26H,11H2,(H,27,29). The topological polar surface area (TPSA) is 61.4 Å². The maximum Gasteiger partial charge on any atom is 0.278 e. The van der Waals surface area contributed by atoms with Gasteiger partial charge in [-0.2, -0.15) is 0 Å². The Morgan fingerprint density at radius 2 is 1.70 bits per heavy atom. The number of anilines is 2. The molecular weight excluding hydrogens is 534 g/mol. The van der Waals surface area contributed by atoms with Crippen LogP contribution in [-0.4, -0.2) is 11.8 Å². The predicted octanol–water partition coefficient (Wildman–Crippen LogP) is 5.42. The highest BCUT2D eigenvalue weighted by Gasteiger charge is 2.54. The molecule has 0 saturated heterocycles. The van der Waals surface area contributed by atoms with Crippen LogP contribution < -0.4 is 15.5 Å². The number of fused-ring (bicyclic) bond motifs is 3. The fraction of sp³-hybridized carbons (Fsp3) is 0.0909. The fourth-order valence-electron chi connectivity index (χ4n) is 3.96. The molecule has 2 aliphatic heterocycles. The van der Waals surface area contributed by atoms with Crippen LogP contribution in [0.25, 0.3) is 0 Å². The van der Waals surface area contributed by atoms with Crippen LogP contribution in [0.3, 0.4) is 0 Å². The van der Waals surface area contributed by atoms with Crippen LogP contribution in [0.4, 0.5) is 11.4 Å². The molecule has 1 spiro atoms. The van der Waals surface area contributed by atoms with Crippen molar-refractivity contribution in [3.8, 4) is 0 Å². The Balaban J connectivity index is 1.62. The largest absolute Gasteiger partial charge is 0.350 e. The molecule has 3 aromatic carbocycles. The lowest BCUT2D eigenvalue weighted by Gasteiger charge is -2.37. The number of halogens is 3. The van der Waals surface area contributed by atoms with Crippen molar-refractivity contribution in [2.45, 2.75) is 12.2 Å². The molecule has 3 aromatic rings. The highest BCUT2D eigenvalue weighted by Crippen LogP contribution is 2.46. The van der Waals surface area contributed by atoms with E-state index in [1.807, 2.05) is 42.5 Å². The first-order valence-electron chi connectivity index (χ1n) is 9.15. The molecule has 5 nitrogen and oxygen atoms in total. The third-order valence-electron chi connectivity index (χ3n) is 5.33. The molecule has 1 atom stereocenters. The third-order valence-corrected chi connectivity index (χ3v) is 6.67. The minimum atomic E-state index is -1.37. The van der Waals surface area contributed by atoms with E-state index in [9.17, 15) is 9.59 Å². The molecule has 8 heteroatoms. The number of nitrogens with zero attached hydrogens (tertiary/aromatic N) is 1. The van der Waals surface area contributed by atoms with Gasteiger partial charge in [0.15, 0.2) is 0 Å². The first kappa shape index (κ1) is 19.6. The van der Waals surface area contributed by atoms with Crippen LogP contribution in [0.15, 0.2) is 69.6 Å². The lowest BCUT2D eigenvalue weighted by molar-refractivity contribution is -0.123. The minimum Gasteiger partial charge on any atom is -0.350 e. The zero-order valence-electron chi connectivity index (χ0n) is 15.4. The first-order chi connectivity index (χ1) is 14.4. The van der Waals surface area contributed by atoms with Crippen molar-refractivity contribution in [2.75, 3.05) is 10.2 Å². The van der Waals surface area contributed by atoms with Crippen LogP contribution in [-0.2, 0) is 17.0 Å². The second-order valence-corrected chi connectivity index (χ2v) is 9.38. The summed E-state index contributed by atoms with van der Waals surface area (Å²) < 4.78 is 1.46. The predicted molar refractivity (Wildman–Crippen MR) is 124 cm³/mol. The van der Waals surface area contributed by atoms with E-state index in [1.54, 1.807) is 23.1 Å². The van der Waals surface area contributed by atoms with Gasteiger partial charge in [0.05, 0.1) is 23.5 Å². The van der Waals surface area contributed by atoms with E-state index in [2.05, 4.69) is 42.5 Å². The van der Waals surface area contributed by atoms with E-state index in [0.717, 1.165) is 15.7 Å². The summed E-state index contributed by atoms with van der Waals surface area (Å²) in [5.74, 6) is -0.560. The summed E-state index contributed by atoms with van der Waals surface area (Å²) in [5.41, 5.74) is 2.07. The Kier molecular flexibility index (Phi) is 4.65. The van der Waals surface area contributed by atoms with Crippen LogP contribution in [0.5, 0.6) is 0 Å². The number of carbonyl (C=O) groups excluding carboxylic acids is 2. The molecule has 0 saturated carbocycles. The molecule has 0 aromatic heterocycles. The van der Waals surface area contributed by atoms with E-state index in [0.29, 0.717) is 32.9 Å². The molecule has 150 valence electrons. The van der Waals surface area contributed by atoms with E-state index in [1.165, 1.54) is 0 Å². The Bertz CT molecular complexity index is 1220. The van der Waals surface area contributed by atoms with Gasteiger partial charge >= 0.3 is 0 Å². The van der Waals surface area contributed by atoms with Gasteiger partial charge < -0.3 is 15.5 Å². The maximum atomic E-state index is 13.7. The number of hydrogen-bond donors (Lipinski definition) is 2. The molecule has 5 rings (SSSR count). The number of rotatable bonds is 2. The minimum absolute atomic E-state index is 0.243. The number of para-hydroxylation sites is 1. The van der Waals surface area contributed by atoms with Crippen LogP contribution in [0.1, 0.15) is 21.5 Å². The molecule has 30 heavy (non-hydrogen) atoms. The smallest absolute Gasteiger partial charge is 0.278 e. The molecule has 0 radical (unpaired) electrons. The number of benzene rings is 3. The van der Waals surface area contributed by atoms with Crippen LogP contribution in [0.2, 0.25) is 5.02 Å².